The number of nitrogens with zero attached hydrogens (tertiary/aromatic N) is 1. The zero-order chi connectivity index (χ0) is 15.6. The third kappa shape index (κ3) is 2.70. The molecule has 1 atom stereocenters. The average Bonchev–Trinajstić information content (AvgIpc) is 2.61. The van der Waals surface area contributed by atoms with Crippen LogP contribution in [0.15, 0.2) is 65.7 Å². The standard InChI is InChI=1S/C19H16N2OS/c22-19(15-8-3-5-13-6-4-11-20-18(13)15)21-16-10-12-23-17-9-2-1-7-14(16)17/h1-9,11,16H,10,12H2,(H,21,22)/t16-/m0/s1. The molecular weight excluding hydrogens is 304 g/mol. The van der Waals surface area contributed by atoms with Crippen LogP contribution in [0.3, 0.4) is 0 Å². The van der Waals surface area contributed by atoms with Gasteiger partial charge in [-0.3, -0.25) is 9.78 Å². The Morgan fingerprint density at radius 1 is 1.09 bits per heavy atom. The van der Waals surface area contributed by atoms with Crippen molar-refractivity contribution in [1.29, 1.82) is 0 Å². The SMILES string of the molecule is O=C(N[C@H]1CCSc2ccccc21)c1cccc2cccnc12. The molecule has 0 spiro atoms. The number of pyridine rings is 1. The maximum atomic E-state index is 12.8. The van der Waals surface area contributed by atoms with E-state index in [2.05, 4.69) is 22.4 Å². The number of aromatic nitrogens is 1. The average molecular weight is 320 g/mol. The van der Waals surface area contributed by atoms with Crippen LogP contribution >= 0.6 is 11.8 Å². The minimum atomic E-state index is -0.0546. The van der Waals surface area contributed by atoms with Crippen molar-refractivity contribution in [2.75, 3.05) is 5.75 Å². The summed E-state index contributed by atoms with van der Waals surface area (Å²) < 4.78 is 0. The molecule has 4 rings (SSSR count). The zero-order valence-corrected chi connectivity index (χ0v) is 13.3. The minimum Gasteiger partial charge on any atom is -0.345 e. The lowest BCUT2D eigenvalue weighted by molar-refractivity contribution is 0.0936. The lowest BCUT2D eigenvalue weighted by Gasteiger charge is -2.26. The van der Waals surface area contributed by atoms with Gasteiger partial charge in [0.15, 0.2) is 0 Å². The third-order valence-electron chi connectivity index (χ3n) is 4.14. The molecule has 2 aromatic carbocycles. The first-order chi connectivity index (χ1) is 11.3. The second-order valence-corrected chi connectivity index (χ2v) is 6.72. The van der Waals surface area contributed by atoms with Gasteiger partial charge in [0.25, 0.3) is 5.91 Å². The van der Waals surface area contributed by atoms with Gasteiger partial charge in [0.05, 0.1) is 17.1 Å². The van der Waals surface area contributed by atoms with Crippen molar-refractivity contribution in [3.63, 3.8) is 0 Å². The Hall–Kier alpha value is -2.33. The molecule has 0 bridgehead atoms. The van der Waals surface area contributed by atoms with Crippen LogP contribution < -0.4 is 5.32 Å². The normalized spacial score (nSPS) is 16.8. The van der Waals surface area contributed by atoms with Gasteiger partial charge in [0, 0.05) is 22.2 Å². The molecule has 4 heteroatoms. The summed E-state index contributed by atoms with van der Waals surface area (Å²) in [6.07, 6.45) is 2.68. The summed E-state index contributed by atoms with van der Waals surface area (Å²) in [4.78, 5) is 18.4. The first-order valence-corrected chi connectivity index (χ1v) is 8.68. The van der Waals surface area contributed by atoms with E-state index in [0.717, 1.165) is 23.1 Å². The lowest BCUT2D eigenvalue weighted by Crippen LogP contribution is -2.30. The molecule has 3 nitrogen and oxygen atoms in total. The largest absolute Gasteiger partial charge is 0.345 e. The van der Waals surface area contributed by atoms with Crippen molar-refractivity contribution >= 4 is 28.6 Å². The fourth-order valence-electron chi connectivity index (χ4n) is 3.02. The van der Waals surface area contributed by atoms with E-state index in [9.17, 15) is 4.79 Å². The van der Waals surface area contributed by atoms with Crippen molar-refractivity contribution in [2.24, 2.45) is 0 Å². The molecule has 1 aliphatic heterocycles. The van der Waals surface area contributed by atoms with Crippen molar-refractivity contribution in [1.82, 2.24) is 10.3 Å². The highest BCUT2D eigenvalue weighted by Gasteiger charge is 2.23. The highest BCUT2D eigenvalue weighted by molar-refractivity contribution is 7.99. The van der Waals surface area contributed by atoms with Crippen molar-refractivity contribution in [3.05, 3.63) is 71.9 Å². The van der Waals surface area contributed by atoms with Gasteiger partial charge in [0.1, 0.15) is 0 Å². The molecule has 1 N–H and O–H groups in total. The molecule has 1 aromatic heterocycles. The third-order valence-corrected chi connectivity index (χ3v) is 5.26. The molecule has 0 saturated carbocycles. The van der Waals surface area contributed by atoms with E-state index in [1.807, 2.05) is 54.2 Å². The van der Waals surface area contributed by atoms with E-state index >= 15 is 0 Å². The number of thioether (sulfide) groups is 1. The summed E-state index contributed by atoms with van der Waals surface area (Å²) in [6, 6.07) is 18.0. The van der Waals surface area contributed by atoms with Crippen LogP contribution in [0.25, 0.3) is 10.9 Å². The Balaban J connectivity index is 1.66. The van der Waals surface area contributed by atoms with Gasteiger partial charge in [0.2, 0.25) is 0 Å². The van der Waals surface area contributed by atoms with E-state index in [4.69, 9.17) is 0 Å². The molecular formula is C19H16N2OS. The quantitative estimate of drug-likeness (QED) is 0.769. The molecule has 0 radical (unpaired) electrons. The van der Waals surface area contributed by atoms with E-state index < -0.39 is 0 Å². The van der Waals surface area contributed by atoms with Gasteiger partial charge in [-0.15, -0.1) is 11.8 Å². The van der Waals surface area contributed by atoms with E-state index in [1.165, 1.54) is 10.5 Å². The number of carbonyl (C=O) groups is 1. The number of fused-ring (bicyclic) bond motifs is 2. The summed E-state index contributed by atoms with van der Waals surface area (Å²) in [7, 11) is 0. The second kappa shape index (κ2) is 6.05. The van der Waals surface area contributed by atoms with Crippen LogP contribution in [0.1, 0.15) is 28.4 Å². The number of hydrogen-bond donors (Lipinski definition) is 1. The van der Waals surface area contributed by atoms with Crippen LogP contribution in [-0.4, -0.2) is 16.6 Å². The minimum absolute atomic E-state index is 0.0546. The Kier molecular flexibility index (Phi) is 3.75. The predicted octanol–water partition coefficient (Wildman–Crippen LogP) is 4.20. The van der Waals surface area contributed by atoms with Gasteiger partial charge in [-0.25, -0.2) is 0 Å². The number of para-hydroxylation sites is 1. The fourth-order valence-corrected chi connectivity index (χ4v) is 4.14. The highest BCUT2D eigenvalue weighted by Crippen LogP contribution is 2.36. The van der Waals surface area contributed by atoms with Crippen molar-refractivity contribution in [2.45, 2.75) is 17.4 Å². The topological polar surface area (TPSA) is 42.0 Å². The maximum Gasteiger partial charge on any atom is 0.253 e. The molecule has 0 saturated heterocycles. The van der Waals surface area contributed by atoms with E-state index in [1.54, 1.807) is 6.20 Å². The Bertz CT molecular complexity index is 873. The van der Waals surface area contributed by atoms with Gasteiger partial charge in [-0.05, 0) is 30.2 Å². The first-order valence-electron chi connectivity index (χ1n) is 7.69. The maximum absolute atomic E-state index is 12.8. The fraction of sp³-hybridized carbons (Fsp3) is 0.158. The van der Waals surface area contributed by atoms with Crippen molar-refractivity contribution in [3.8, 4) is 0 Å². The second-order valence-electron chi connectivity index (χ2n) is 5.58. The summed E-state index contributed by atoms with van der Waals surface area (Å²) in [6.45, 7) is 0. The van der Waals surface area contributed by atoms with Gasteiger partial charge in [-0.2, -0.15) is 0 Å². The number of carbonyl (C=O) groups excluding carboxylic acids is 1. The summed E-state index contributed by atoms with van der Waals surface area (Å²) in [5.41, 5.74) is 2.61. The van der Waals surface area contributed by atoms with Gasteiger partial charge >= 0.3 is 0 Å². The van der Waals surface area contributed by atoms with Crippen molar-refractivity contribution < 1.29 is 4.79 Å². The monoisotopic (exact) mass is 320 g/mol. The Morgan fingerprint density at radius 2 is 1.96 bits per heavy atom. The first kappa shape index (κ1) is 14.3. The molecule has 23 heavy (non-hydrogen) atoms. The highest BCUT2D eigenvalue weighted by atomic mass is 32.2. The summed E-state index contributed by atoms with van der Waals surface area (Å²) >= 11 is 1.85. The van der Waals surface area contributed by atoms with Crippen LogP contribution in [0.4, 0.5) is 0 Å². The number of benzene rings is 2. The van der Waals surface area contributed by atoms with Crippen LogP contribution in [0.2, 0.25) is 0 Å². The molecule has 0 fully saturated rings. The van der Waals surface area contributed by atoms with Crippen LogP contribution in [-0.2, 0) is 0 Å². The van der Waals surface area contributed by atoms with Crippen LogP contribution in [0, 0.1) is 0 Å². The van der Waals surface area contributed by atoms with Gasteiger partial charge < -0.3 is 5.32 Å². The number of nitrogens with one attached hydrogen (secondary N) is 1. The van der Waals surface area contributed by atoms with Gasteiger partial charge in [-0.1, -0.05) is 36.4 Å². The molecule has 3 aromatic rings. The number of amides is 1. The molecule has 0 unspecified atom stereocenters. The number of rotatable bonds is 2. The number of hydrogen-bond acceptors (Lipinski definition) is 3. The van der Waals surface area contributed by atoms with Crippen LogP contribution in [0.5, 0.6) is 0 Å². The summed E-state index contributed by atoms with van der Waals surface area (Å²) in [5, 5.41) is 4.18. The zero-order valence-electron chi connectivity index (χ0n) is 12.5. The predicted molar refractivity (Wildman–Crippen MR) is 93.7 cm³/mol. The molecule has 0 aliphatic carbocycles. The smallest absolute Gasteiger partial charge is 0.253 e. The molecule has 1 aliphatic rings. The Labute approximate surface area is 139 Å². The summed E-state index contributed by atoms with van der Waals surface area (Å²) in [5.74, 6) is 0.969. The van der Waals surface area contributed by atoms with E-state index in [-0.39, 0.29) is 11.9 Å². The molecule has 1 amide bonds. The molecule has 114 valence electrons. The van der Waals surface area contributed by atoms with E-state index in [0.29, 0.717) is 5.56 Å². The lowest BCUT2D eigenvalue weighted by atomic mass is 10.0. The Morgan fingerprint density at radius 3 is 2.91 bits per heavy atom. The molecule has 2 heterocycles.